The molecule has 0 aromatic heterocycles. The lowest BCUT2D eigenvalue weighted by Gasteiger charge is -2.18. The van der Waals surface area contributed by atoms with E-state index in [9.17, 15) is 9.59 Å². The highest BCUT2D eigenvalue weighted by atomic mass is 16.5. The van der Waals surface area contributed by atoms with Crippen LogP contribution in [0.25, 0.3) is 0 Å². The number of anilines is 1. The summed E-state index contributed by atoms with van der Waals surface area (Å²) in [5.74, 6) is 0.819. The average Bonchev–Trinajstić information content (AvgIpc) is 2.69. The largest absolute Gasteiger partial charge is 0.490 e. The van der Waals surface area contributed by atoms with Gasteiger partial charge in [0, 0.05) is 24.3 Å². The minimum absolute atomic E-state index is 0.0197. The van der Waals surface area contributed by atoms with Crippen LogP contribution in [0, 0.1) is 0 Å². The van der Waals surface area contributed by atoms with E-state index >= 15 is 0 Å². The van der Waals surface area contributed by atoms with Crippen molar-refractivity contribution in [1.82, 2.24) is 4.90 Å². The van der Waals surface area contributed by atoms with Crippen LogP contribution in [-0.2, 0) is 4.79 Å². The Balaban J connectivity index is 1.92. The molecule has 0 saturated carbocycles. The zero-order valence-electron chi connectivity index (χ0n) is 16.0. The molecule has 144 valence electrons. The lowest BCUT2D eigenvalue weighted by Crippen LogP contribution is -2.30. The number of para-hydroxylation sites is 2. The Labute approximate surface area is 160 Å². The van der Waals surface area contributed by atoms with Crippen LogP contribution in [0.3, 0.4) is 0 Å². The number of carbonyl (C=O) groups is 2. The molecule has 0 unspecified atom stereocenters. The molecule has 0 bridgehead atoms. The van der Waals surface area contributed by atoms with E-state index in [-0.39, 0.29) is 18.4 Å². The van der Waals surface area contributed by atoms with Gasteiger partial charge in [0.25, 0.3) is 11.8 Å². The van der Waals surface area contributed by atoms with Crippen LogP contribution in [-0.4, -0.2) is 43.0 Å². The molecule has 0 saturated heterocycles. The van der Waals surface area contributed by atoms with Gasteiger partial charge in [0.1, 0.15) is 0 Å². The molecule has 2 amide bonds. The monoisotopic (exact) mass is 370 g/mol. The molecule has 0 atom stereocenters. The van der Waals surface area contributed by atoms with E-state index in [1.807, 2.05) is 32.9 Å². The Hall–Kier alpha value is -3.02. The second kappa shape index (κ2) is 10.2. The summed E-state index contributed by atoms with van der Waals surface area (Å²) in [6, 6.07) is 14.1. The maximum absolute atomic E-state index is 12.3. The summed E-state index contributed by atoms with van der Waals surface area (Å²) in [6.45, 7) is 7.48. The standard InChI is InChI=1S/C21H26N2O4/c1-4-23(5-2)21(25)16-11-13-17(14-12-16)22-20(24)15-27-19-10-8-7-9-18(19)26-6-3/h7-14H,4-6,15H2,1-3H3,(H,22,24). The highest BCUT2D eigenvalue weighted by Crippen LogP contribution is 2.26. The molecule has 0 aliphatic heterocycles. The number of hydrogen-bond donors (Lipinski definition) is 1. The van der Waals surface area contributed by atoms with Gasteiger partial charge >= 0.3 is 0 Å². The Bertz CT molecular complexity index is 755. The molecule has 0 heterocycles. The van der Waals surface area contributed by atoms with E-state index in [1.54, 1.807) is 41.3 Å². The van der Waals surface area contributed by atoms with Crippen LogP contribution in [0.1, 0.15) is 31.1 Å². The summed E-state index contributed by atoms with van der Waals surface area (Å²) in [4.78, 5) is 26.2. The van der Waals surface area contributed by atoms with Gasteiger partial charge in [-0.2, -0.15) is 0 Å². The third-order valence-corrected chi connectivity index (χ3v) is 3.97. The molecule has 2 aromatic rings. The number of ether oxygens (including phenoxy) is 2. The normalized spacial score (nSPS) is 10.2. The average molecular weight is 370 g/mol. The maximum Gasteiger partial charge on any atom is 0.262 e. The Morgan fingerprint density at radius 1 is 0.889 bits per heavy atom. The van der Waals surface area contributed by atoms with Gasteiger partial charge in [0.05, 0.1) is 6.61 Å². The second-order valence-electron chi connectivity index (χ2n) is 5.77. The van der Waals surface area contributed by atoms with Crippen LogP contribution in [0.5, 0.6) is 11.5 Å². The summed E-state index contributed by atoms with van der Waals surface area (Å²) < 4.78 is 11.0. The van der Waals surface area contributed by atoms with E-state index in [4.69, 9.17) is 9.47 Å². The third-order valence-electron chi connectivity index (χ3n) is 3.97. The molecular formula is C21H26N2O4. The van der Waals surface area contributed by atoms with Crippen LogP contribution in [0.4, 0.5) is 5.69 Å². The van der Waals surface area contributed by atoms with Crippen molar-refractivity contribution in [3.05, 3.63) is 54.1 Å². The van der Waals surface area contributed by atoms with Crippen molar-refractivity contribution in [3.63, 3.8) is 0 Å². The fourth-order valence-electron chi connectivity index (χ4n) is 2.57. The molecular weight excluding hydrogens is 344 g/mol. The van der Waals surface area contributed by atoms with E-state index < -0.39 is 0 Å². The first-order valence-corrected chi connectivity index (χ1v) is 9.12. The predicted octanol–water partition coefficient (Wildman–Crippen LogP) is 3.58. The second-order valence-corrected chi connectivity index (χ2v) is 5.77. The minimum Gasteiger partial charge on any atom is -0.490 e. The van der Waals surface area contributed by atoms with Gasteiger partial charge in [0.15, 0.2) is 18.1 Å². The molecule has 27 heavy (non-hydrogen) atoms. The van der Waals surface area contributed by atoms with E-state index in [2.05, 4.69) is 5.32 Å². The molecule has 0 fully saturated rings. The van der Waals surface area contributed by atoms with Gasteiger partial charge in [-0.3, -0.25) is 9.59 Å². The van der Waals surface area contributed by atoms with Gasteiger partial charge in [-0.1, -0.05) is 12.1 Å². The zero-order chi connectivity index (χ0) is 19.6. The van der Waals surface area contributed by atoms with Crippen molar-refractivity contribution in [3.8, 4) is 11.5 Å². The third kappa shape index (κ3) is 5.74. The van der Waals surface area contributed by atoms with Crippen LogP contribution in [0.2, 0.25) is 0 Å². The molecule has 2 rings (SSSR count). The van der Waals surface area contributed by atoms with Crippen molar-refractivity contribution in [2.24, 2.45) is 0 Å². The van der Waals surface area contributed by atoms with Gasteiger partial charge in [0.2, 0.25) is 0 Å². The fourth-order valence-corrected chi connectivity index (χ4v) is 2.57. The summed E-state index contributed by atoms with van der Waals surface area (Å²) in [5.41, 5.74) is 1.20. The Kier molecular flexibility index (Phi) is 7.67. The summed E-state index contributed by atoms with van der Waals surface area (Å²) >= 11 is 0. The molecule has 1 N–H and O–H groups in total. The summed E-state index contributed by atoms with van der Waals surface area (Å²) in [5, 5.41) is 2.76. The number of carbonyl (C=O) groups excluding carboxylic acids is 2. The number of rotatable bonds is 9. The van der Waals surface area contributed by atoms with Gasteiger partial charge in [-0.15, -0.1) is 0 Å². The topological polar surface area (TPSA) is 67.9 Å². The lowest BCUT2D eigenvalue weighted by atomic mass is 10.2. The first-order chi connectivity index (χ1) is 13.1. The number of nitrogens with zero attached hydrogens (tertiary/aromatic N) is 1. The quantitative estimate of drug-likeness (QED) is 0.732. The smallest absolute Gasteiger partial charge is 0.262 e. The summed E-state index contributed by atoms with van der Waals surface area (Å²) in [7, 11) is 0. The van der Waals surface area contributed by atoms with Crippen LogP contribution >= 0.6 is 0 Å². The lowest BCUT2D eigenvalue weighted by molar-refractivity contribution is -0.118. The van der Waals surface area contributed by atoms with E-state index in [0.717, 1.165) is 0 Å². The molecule has 0 radical (unpaired) electrons. The predicted molar refractivity (Wildman–Crippen MR) is 105 cm³/mol. The first kappa shape index (κ1) is 20.3. The number of hydrogen-bond acceptors (Lipinski definition) is 4. The molecule has 2 aromatic carbocycles. The van der Waals surface area contributed by atoms with E-state index in [0.29, 0.717) is 42.4 Å². The SMILES string of the molecule is CCOc1ccccc1OCC(=O)Nc1ccc(C(=O)N(CC)CC)cc1. The fraction of sp³-hybridized carbons (Fsp3) is 0.333. The number of nitrogens with one attached hydrogen (secondary N) is 1. The van der Waals surface area contributed by atoms with Crippen molar-refractivity contribution in [2.75, 3.05) is 31.6 Å². The van der Waals surface area contributed by atoms with Crippen molar-refractivity contribution in [1.29, 1.82) is 0 Å². The number of benzene rings is 2. The van der Waals surface area contributed by atoms with Crippen molar-refractivity contribution >= 4 is 17.5 Å². The Morgan fingerprint density at radius 2 is 1.48 bits per heavy atom. The molecule has 0 aliphatic carbocycles. The van der Waals surface area contributed by atoms with Crippen LogP contribution in [0.15, 0.2) is 48.5 Å². The summed E-state index contributed by atoms with van der Waals surface area (Å²) in [6.07, 6.45) is 0. The Morgan fingerprint density at radius 3 is 2.04 bits per heavy atom. The molecule has 6 nitrogen and oxygen atoms in total. The van der Waals surface area contributed by atoms with Crippen molar-refractivity contribution < 1.29 is 19.1 Å². The highest BCUT2D eigenvalue weighted by molar-refractivity contribution is 5.96. The highest BCUT2D eigenvalue weighted by Gasteiger charge is 2.12. The maximum atomic E-state index is 12.3. The zero-order valence-corrected chi connectivity index (χ0v) is 16.0. The minimum atomic E-state index is -0.288. The van der Waals surface area contributed by atoms with Crippen molar-refractivity contribution in [2.45, 2.75) is 20.8 Å². The van der Waals surface area contributed by atoms with E-state index in [1.165, 1.54) is 0 Å². The van der Waals surface area contributed by atoms with Crippen LogP contribution < -0.4 is 14.8 Å². The van der Waals surface area contributed by atoms with Gasteiger partial charge in [-0.05, 0) is 57.2 Å². The number of amides is 2. The van der Waals surface area contributed by atoms with Gasteiger partial charge in [-0.25, -0.2) is 0 Å². The molecule has 6 heteroatoms. The molecule has 0 aliphatic rings. The first-order valence-electron chi connectivity index (χ1n) is 9.12. The molecule has 0 spiro atoms. The van der Waals surface area contributed by atoms with Gasteiger partial charge < -0.3 is 19.7 Å².